The van der Waals surface area contributed by atoms with Crippen LogP contribution < -0.4 is 0 Å². The number of benzene rings is 1. The lowest BCUT2D eigenvalue weighted by molar-refractivity contribution is 0.0252. The molecule has 1 saturated carbocycles. The molecule has 2 rings (SSSR count). The molecule has 0 radical (unpaired) electrons. The monoisotopic (exact) mass is 372 g/mol. The van der Waals surface area contributed by atoms with Gasteiger partial charge in [-0.3, -0.25) is 4.79 Å². The Labute approximate surface area is 129 Å². The lowest BCUT2D eigenvalue weighted by atomic mass is 9.75. The van der Waals surface area contributed by atoms with E-state index in [9.17, 15) is 4.79 Å². The fourth-order valence-electron chi connectivity index (χ4n) is 2.69. The van der Waals surface area contributed by atoms with Gasteiger partial charge in [-0.1, -0.05) is 6.07 Å². The molecule has 1 aromatic carbocycles. The summed E-state index contributed by atoms with van der Waals surface area (Å²) in [5.74, 6) is 0.117. The molecule has 19 heavy (non-hydrogen) atoms. The van der Waals surface area contributed by atoms with Crippen LogP contribution in [0, 0.1) is 3.57 Å². The summed E-state index contributed by atoms with van der Waals surface area (Å²) >= 11 is 2.24. The molecular weight excluding hydrogens is 351 g/mol. The third-order valence-electron chi connectivity index (χ3n) is 4.18. The Morgan fingerprint density at radius 2 is 2.00 bits per heavy atom. The van der Waals surface area contributed by atoms with E-state index in [0.29, 0.717) is 0 Å². The molecule has 0 saturated heterocycles. The maximum atomic E-state index is 12.4. The van der Waals surface area contributed by atoms with Crippen molar-refractivity contribution in [1.29, 1.82) is 0 Å². The van der Waals surface area contributed by atoms with E-state index in [1.165, 1.54) is 19.3 Å². The van der Waals surface area contributed by atoms with Crippen molar-refractivity contribution in [3.05, 3.63) is 33.4 Å². The van der Waals surface area contributed by atoms with Crippen LogP contribution in [-0.2, 0) is 0 Å². The maximum Gasteiger partial charge on any atom is 0.253 e. The predicted molar refractivity (Wildman–Crippen MR) is 86.4 cm³/mol. The van der Waals surface area contributed by atoms with Crippen molar-refractivity contribution in [3.63, 3.8) is 0 Å². The Balaban J connectivity index is 2.07. The first-order valence-electron chi connectivity index (χ1n) is 6.63. The molecule has 0 aliphatic heterocycles. The molecule has 0 unspecified atom stereocenters. The third kappa shape index (κ3) is 3.11. The van der Waals surface area contributed by atoms with Gasteiger partial charge in [0.15, 0.2) is 0 Å². The highest BCUT2D eigenvalue weighted by molar-refractivity contribution is 14.1. The fraction of sp³-hybridized carbons (Fsp3) is 0.533. The van der Waals surface area contributed by atoms with E-state index in [4.69, 9.17) is 0 Å². The van der Waals surface area contributed by atoms with E-state index in [2.05, 4.69) is 41.6 Å². The fourth-order valence-corrected chi connectivity index (χ4v) is 3.23. The van der Waals surface area contributed by atoms with Crippen LogP contribution in [0.3, 0.4) is 0 Å². The zero-order valence-corrected chi connectivity index (χ0v) is 14.0. The van der Waals surface area contributed by atoms with Gasteiger partial charge in [-0.15, -0.1) is 0 Å². The summed E-state index contributed by atoms with van der Waals surface area (Å²) in [6.45, 7) is 0.810. The second-order valence-electron chi connectivity index (χ2n) is 5.64. The average molecular weight is 372 g/mol. The van der Waals surface area contributed by atoms with Gasteiger partial charge in [-0.05, 0) is 74.1 Å². The normalized spacial score (nSPS) is 17.1. The zero-order chi connectivity index (χ0) is 14.0. The largest absolute Gasteiger partial charge is 0.340 e. The predicted octanol–water partition coefficient (Wildman–Crippen LogP) is 2.85. The van der Waals surface area contributed by atoms with Crippen LogP contribution in [0.1, 0.15) is 29.6 Å². The van der Waals surface area contributed by atoms with E-state index in [0.717, 1.165) is 15.7 Å². The first-order chi connectivity index (χ1) is 8.94. The first-order valence-corrected chi connectivity index (χ1v) is 7.71. The van der Waals surface area contributed by atoms with Crippen LogP contribution in [0.4, 0.5) is 0 Å². The van der Waals surface area contributed by atoms with E-state index in [1.54, 1.807) is 0 Å². The van der Waals surface area contributed by atoms with Crippen LogP contribution in [0.2, 0.25) is 0 Å². The molecule has 4 heteroatoms. The molecule has 1 amide bonds. The van der Waals surface area contributed by atoms with Gasteiger partial charge in [0.25, 0.3) is 5.91 Å². The minimum Gasteiger partial charge on any atom is -0.340 e. The van der Waals surface area contributed by atoms with Gasteiger partial charge in [-0.25, -0.2) is 0 Å². The molecule has 1 aliphatic rings. The average Bonchev–Trinajstić information content (AvgIpc) is 2.32. The molecule has 3 nitrogen and oxygen atoms in total. The second kappa shape index (κ2) is 5.79. The van der Waals surface area contributed by atoms with Crippen molar-refractivity contribution in [1.82, 2.24) is 9.80 Å². The quantitative estimate of drug-likeness (QED) is 0.759. The summed E-state index contributed by atoms with van der Waals surface area (Å²) in [5, 5.41) is 0. The molecular formula is C15H21IN2O. The van der Waals surface area contributed by atoms with Gasteiger partial charge in [0.1, 0.15) is 0 Å². The van der Waals surface area contributed by atoms with Gasteiger partial charge in [0.2, 0.25) is 0 Å². The lowest BCUT2D eigenvalue weighted by Gasteiger charge is -2.49. The Morgan fingerprint density at radius 3 is 2.47 bits per heavy atom. The summed E-state index contributed by atoms with van der Waals surface area (Å²) in [4.78, 5) is 16.6. The Morgan fingerprint density at radius 1 is 1.32 bits per heavy atom. The molecule has 0 atom stereocenters. The van der Waals surface area contributed by atoms with Crippen molar-refractivity contribution in [2.75, 3.05) is 27.7 Å². The number of hydrogen-bond donors (Lipinski definition) is 0. The molecule has 0 N–H and O–H groups in total. The molecule has 1 fully saturated rings. The van der Waals surface area contributed by atoms with Crippen molar-refractivity contribution in [2.24, 2.45) is 0 Å². The second-order valence-corrected chi connectivity index (χ2v) is 6.89. The van der Waals surface area contributed by atoms with Gasteiger partial charge < -0.3 is 9.80 Å². The zero-order valence-electron chi connectivity index (χ0n) is 11.8. The molecule has 0 aromatic heterocycles. The van der Waals surface area contributed by atoms with Gasteiger partial charge >= 0.3 is 0 Å². The number of nitrogens with zero attached hydrogens (tertiary/aromatic N) is 2. The lowest BCUT2D eigenvalue weighted by Crippen LogP contribution is -2.57. The van der Waals surface area contributed by atoms with Crippen molar-refractivity contribution >= 4 is 28.5 Å². The number of carbonyl (C=O) groups is 1. The van der Waals surface area contributed by atoms with Gasteiger partial charge in [0, 0.05) is 28.3 Å². The highest BCUT2D eigenvalue weighted by atomic mass is 127. The Kier molecular flexibility index (Phi) is 4.50. The summed E-state index contributed by atoms with van der Waals surface area (Å²) in [5.41, 5.74) is 0.967. The van der Waals surface area contributed by atoms with Gasteiger partial charge in [0.05, 0.1) is 0 Å². The number of rotatable bonds is 4. The summed E-state index contributed by atoms with van der Waals surface area (Å²) in [6.07, 6.45) is 3.64. The Hall–Kier alpha value is -0.620. The third-order valence-corrected chi connectivity index (χ3v) is 4.85. The van der Waals surface area contributed by atoms with Crippen LogP contribution in [0.5, 0.6) is 0 Å². The maximum absolute atomic E-state index is 12.4. The first kappa shape index (κ1) is 14.8. The van der Waals surface area contributed by atoms with Gasteiger partial charge in [-0.2, -0.15) is 0 Å². The minimum absolute atomic E-state index is 0.117. The highest BCUT2D eigenvalue weighted by Gasteiger charge is 2.40. The number of hydrogen-bond acceptors (Lipinski definition) is 2. The minimum atomic E-state index is 0.117. The molecule has 0 heterocycles. The number of amides is 1. The van der Waals surface area contributed by atoms with Crippen LogP contribution in [0.15, 0.2) is 24.3 Å². The molecule has 104 valence electrons. The van der Waals surface area contributed by atoms with Crippen molar-refractivity contribution in [3.8, 4) is 0 Å². The van der Waals surface area contributed by atoms with Crippen LogP contribution in [0.25, 0.3) is 0 Å². The smallest absolute Gasteiger partial charge is 0.253 e. The van der Waals surface area contributed by atoms with Crippen molar-refractivity contribution in [2.45, 2.75) is 24.8 Å². The topological polar surface area (TPSA) is 23.6 Å². The number of likely N-dealkylation sites (N-methyl/N-ethyl adjacent to an activating group) is 2. The molecule has 1 aromatic rings. The van der Waals surface area contributed by atoms with E-state index in [1.807, 2.05) is 36.2 Å². The van der Waals surface area contributed by atoms with Crippen molar-refractivity contribution < 1.29 is 4.79 Å². The molecule has 0 spiro atoms. The van der Waals surface area contributed by atoms with E-state index in [-0.39, 0.29) is 11.4 Å². The van der Waals surface area contributed by atoms with Crippen LogP contribution >= 0.6 is 22.6 Å². The van der Waals surface area contributed by atoms with E-state index >= 15 is 0 Å². The Bertz CT molecular complexity index is 469. The summed E-state index contributed by atoms with van der Waals surface area (Å²) < 4.78 is 1.10. The summed E-state index contributed by atoms with van der Waals surface area (Å²) in [7, 11) is 6.14. The number of carbonyl (C=O) groups excluding carboxylic acids is 1. The summed E-state index contributed by atoms with van der Waals surface area (Å²) in [6, 6.07) is 7.78. The standard InChI is InChI=1S/C15H21IN2O/c1-17(2)15(8-5-9-15)11-18(3)14(19)12-6-4-7-13(16)10-12/h4,6-7,10H,5,8-9,11H2,1-3H3. The molecule has 0 bridgehead atoms. The van der Waals surface area contributed by atoms with E-state index < -0.39 is 0 Å². The molecule has 1 aliphatic carbocycles. The highest BCUT2D eigenvalue weighted by Crippen LogP contribution is 2.36. The number of halogens is 1. The van der Waals surface area contributed by atoms with Crippen LogP contribution in [-0.4, -0.2) is 48.9 Å². The SMILES string of the molecule is CN(CC1(N(C)C)CCC1)C(=O)c1cccc(I)c1.